The molecule has 0 radical (unpaired) electrons. The first-order chi connectivity index (χ1) is 9.32. The lowest BCUT2D eigenvalue weighted by Gasteiger charge is -2.13. The van der Waals surface area contributed by atoms with Crippen molar-refractivity contribution in [2.24, 2.45) is 5.92 Å². The van der Waals surface area contributed by atoms with Gasteiger partial charge in [0.15, 0.2) is 0 Å². The highest BCUT2D eigenvalue weighted by molar-refractivity contribution is 5.76. The molecular weight excluding hydrogens is 254 g/mol. The molecule has 0 saturated heterocycles. The van der Waals surface area contributed by atoms with E-state index in [0.29, 0.717) is 31.1 Å². The maximum atomic E-state index is 11.6. The van der Waals surface area contributed by atoms with E-state index in [2.05, 4.69) is 29.6 Å². The number of aryl methyl sites for hydroxylation is 1. The molecule has 0 unspecified atom stereocenters. The summed E-state index contributed by atoms with van der Waals surface area (Å²) in [6, 6.07) is 0.225. The van der Waals surface area contributed by atoms with Crippen LogP contribution < -0.4 is 16.4 Å². The van der Waals surface area contributed by atoms with Gasteiger partial charge in [-0.05, 0) is 26.7 Å². The predicted octanol–water partition coefficient (Wildman–Crippen LogP) is 1.93. The quantitative estimate of drug-likeness (QED) is 0.713. The average Bonchev–Trinajstić information content (AvgIpc) is 2.64. The van der Waals surface area contributed by atoms with Gasteiger partial charge in [0.1, 0.15) is 5.82 Å². The Morgan fingerprint density at radius 3 is 2.55 bits per heavy atom. The standard InChI is InChI=1S/C14H27N5O/c1-9(2)8-17-12(20)6-7-16-14-13(15)11(5)18-19(14)10(3)4/h9-10,16H,6-8,15H2,1-5H3,(H,17,20). The van der Waals surface area contributed by atoms with Gasteiger partial charge in [-0.3, -0.25) is 4.79 Å². The summed E-state index contributed by atoms with van der Waals surface area (Å²) in [6.07, 6.45) is 0.425. The van der Waals surface area contributed by atoms with Crippen molar-refractivity contribution in [2.75, 3.05) is 24.1 Å². The Kier molecular flexibility index (Phi) is 5.85. The Morgan fingerprint density at radius 2 is 2.00 bits per heavy atom. The van der Waals surface area contributed by atoms with E-state index in [1.54, 1.807) is 0 Å². The molecule has 4 N–H and O–H groups in total. The number of hydrogen-bond acceptors (Lipinski definition) is 4. The molecule has 1 heterocycles. The van der Waals surface area contributed by atoms with Crippen LogP contribution in [0.1, 0.15) is 45.9 Å². The van der Waals surface area contributed by atoms with Crippen molar-refractivity contribution in [3.63, 3.8) is 0 Å². The number of aromatic nitrogens is 2. The number of rotatable bonds is 7. The Bertz CT molecular complexity index is 451. The van der Waals surface area contributed by atoms with Crippen LogP contribution in [0.15, 0.2) is 0 Å². The summed E-state index contributed by atoms with van der Waals surface area (Å²) >= 11 is 0. The van der Waals surface area contributed by atoms with E-state index in [0.717, 1.165) is 11.5 Å². The highest BCUT2D eigenvalue weighted by Gasteiger charge is 2.14. The third-order valence-electron chi connectivity index (χ3n) is 2.97. The van der Waals surface area contributed by atoms with Crippen LogP contribution in [0, 0.1) is 12.8 Å². The van der Waals surface area contributed by atoms with Crippen molar-refractivity contribution in [3.8, 4) is 0 Å². The van der Waals surface area contributed by atoms with Crippen LogP contribution in [-0.4, -0.2) is 28.8 Å². The van der Waals surface area contributed by atoms with Crippen molar-refractivity contribution < 1.29 is 4.79 Å². The summed E-state index contributed by atoms with van der Waals surface area (Å²) in [6.45, 7) is 11.4. The summed E-state index contributed by atoms with van der Waals surface area (Å²) in [7, 11) is 0. The van der Waals surface area contributed by atoms with Gasteiger partial charge in [0, 0.05) is 25.6 Å². The summed E-state index contributed by atoms with van der Waals surface area (Å²) < 4.78 is 1.86. The van der Waals surface area contributed by atoms with Gasteiger partial charge in [-0.25, -0.2) is 4.68 Å². The lowest BCUT2D eigenvalue weighted by molar-refractivity contribution is -0.120. The first-order valence-electron chi connectivity index (χ1n) is 7.18. The summed E-state index contributed by atoms with van der Waals surface area (Å²) in [5.41, 5.74) is 7.47. The fourth-order valence-corrected chi connectivity index (χ4v) is 1.81. The van der Waals surface area contributed by atoms with Gasteiger partial charge in [0.25, 0.3) is 0 Å². The second-order valence-electron chi connectivity index (χ2n) is 5.76. The van der Waals surface area contributed by atoms with E-state index >= 15 is 0 Å². The van der Waals surface area contributed by atoms with Crippen molar-refractivity contribution >= 4 is 17.4 Å². The molecule has 1 amide bonds. The monoisotopic (exact) mass is 281 g/mol. The predicted molar refractivity (Wildman–Crippen MR) is 82.7 cm³/mol. The second-order valence-corrected chi connectivity index (χ2v) is 5.76. The first kappa shape index (κ1) is 16.3. The molecule has 0 aromatic carbocycles. The van der Waals surface area contributed by atoms with Crippen molar-refractivity contribution in [2.45, 2.75) is 47.1 Å². The largest absolute Gasteiger partial charge is 0.394 e. The van der Waals surface area contributed by atoms with Crippen molar-refractivity contribution in [1.82, 2.24) is 15.1 Å². The van der Waals surface area contributed by atoms with Crippen LogP contribution in [-0.2, 0) is 4.79 Å². The van der Waals surface area contributed by atoms with Crippen LogP contribution >= 0.6 is 0 Å². The number of nitrogens with one attached hydrogen (secondary N) is 2. The Hall–Kier alpha value is -1.72. The molecule has 1 rings (SSSR count). The molecule has 0 atom stereocenters. The van der Waals surface area contributed by atoms with Gasteiger partial charge in [0.05, 0.1) is 11.4 Å². The lowest BCUT2D eigenvalue weighted by atomic mass is 10.2. The van der Waals surface area contributed by atoms with E-state index in [4.69, 9.17) is 5.73 Å². The molecule has 114 valence electrons. The lowest BCUT2D eigenvalue weighted by Crippen LogP contribution is -2.29. The van der Waals surface area contributed by atoms with E-state index in [-0.39, 0.29) is 11.9 Å². The summed E-state index contributed by atoms with van der Waals surface area (Å²) in [5, 5.41) is 10.5. The van der Waals surface area contributed by atoms with E-state index < -0.39 is 0 Å². The maximum Gasteiger partial charge on any atom is 0.221 e. The third-order valence-corrected chi connectivity index (χ3v) is 2.97. The van der Waals surface area contributed by atoms with Crippen LogP contribution in [0.3, 0.4) is 0 Å². The number of nitrogen functional groups attached to an aromatic ring is 1. The van der Waals surface area contributed by atoms with Crippen molar-refractivity contribution in [3.05, 3.63) is 5.69 Å². The van der Waals surface area contributed by atoms with E-state index in [1.165, 1.54) is 0 Å². The van der Waals surface area contributed by atoms with Gasteiger partial charge in [-0.2, -0.15) is 5.10 Å². The zero-order valence-electron chi connectivity index (χ0n) is 13.2. The zero-order valence-corrected chi connectivity index (χ0v) is 13.2. The van der Waals surface area contributed by atoms with E-state index in [1.807, 2.05) is 25.5 Å². The number of nitrogens with zero attached hydrogens (tertiary/aromatic N) is 2. The Labute approximate surface area is 121 Å². The topological polar surface area (TPSA) is 85.0 Å². The number of anilines is 2. The minimum Gasteiger partial charge on any atom is -0.394 e. The number of carbonyl (C=O) groups is 1. The fraction of sp³-hybridized carbons (Fsp3) is 0.714. The fourth-order valence-electron chi connectivity index (χ4n) is 1.81. The number of amides is 1. The van der Waals surface area contributed by atoms with Gasteiger partial charge >= 0.3 is 0 Å². The van der Waals surface area contributed by atoms with Gasteiger partial charge in [0.2, 0.25) is 5.91 Å². The van der Waals surface area contributed by atoms with Crippen LogP contribution in [0.4, 0.5) is 11.5 Å². The zero-order chi connectivity index (χ0) is 15.3. The molecule has 0 saturated carbocycles. The summed E-state index contributed by atoms with van der Waals surface area (Å²) in [4.78, 5) is 11.6. The maximum absolute atomic E-state index is 11.6. The smallest absolute Gasteiger partial charge is 0.221 e. The number of nitrogens with two attached hydrogens (primary N) is 1. The highest BCUT2D eigenvalue weighted by atomic mass is 16.1. The molecule has 1 aromatic rings. The first-order valence-corrected chi connectivity index (χ1v) is 7.18. The SMILES string of the molecule is Cc1nn(C(C)C)c(NCCC(=O)NCC(C)C)c1N. The van der Waals surface area contributed by atoms with E-state index in [9.17, 15) is 4.79 Å². The molecule has 0 fully saturated rings. The van der Waals surface area contributed by atoms with Gasteiger partial charge in [-0.15, -0.1) is 0 Å². The molecule has 6 heteroatoms. The number of hydrogen-bond donors (Lipinski definition) is 3. The molecule has 0 aliphatic rings. The average molecular weight is 281 g/mol. The normalized spacial score (nSPS) is 11.2. The van der Waals surface area contributed by atoms with Crippen molar-refractivity contribution in [1.29, 1.82) is 0 Å². The molecule has 6 nitrogen and oxygen atoms in total. The summed E-state index contributed by atoms with van der Waals surface area (Å²) in [5.74, 6) is 1.32. The molecule has 20 heavy (non-hydrogen) atoms. The van der Waals surface area contributed by atoms with Gasteiger partial charge in [-0.1, -0.05) is 13.8 Å². The minimum absolute atomic E-state index is 0.0529. The molecule has 0 spiro atoms. The molecule has 0 aliphatic carbocycles. The molecule has 0 bridgehead atoms. The second kappa shape index (κ2) is 7.17. The third kappa shape index (κ3) is 4.43. The van der Waals surface area contributed by atoms with Gasteiger partial charge < -0.3 is 16.4 Å². The molecule has 1 aromatic heterocycles. The van der Waals surface area contributed by atoms with Crippen LogP contribution in [0.5, 0.6) is 0 Å². The Morgan fingerprint density at radius 1 is 1.35 bits per heavy atom. The Balaban J connectivity index is 2.52. The minimum atomic E-state index is 0.0529. The highest BCUT2D eigenvalue weighted by Crippen LogP contribution is 2.25. The molecular formula is C14H27N5O. The molecule has 0 aliphatic heterocycles. The number of carbonyl (C=O) groups excluding carboxylic acids is 1. The van der Waals surface area contributed by atoms with Crippen LogP contribution in [0.25, 0.3) is 0 Å². The van der Waals surface area contributed by atoms with Crippen LogP contribution in [0.2, 0.25) is 0 Å².